The van der Waals surface area contributed by atoms with Crippen molar-refractivity contribution in [1.29, 1.82) is 0 Å². The quantitative estimate of drug-likeness (QED) is 0.285. The normalized spacial score (nSPS) is 14.0. The SMILES string of the molecule is O=C(Nc1cccc(/C=C2/C(=O)N(Cc3ccccn3)C(=O)c3ccccc32)c1)c1ccccc1Cl. The number of pyridine rings is 1. The van der Waals surface area contributed by atoms with Crippen LogP contribution >= 0.6 is 11.6 Å². The van der Waals surface area contributed by atoms with E-state index in [1.807, 2.05) is 12.1 Å². The molecule has 0 bridgehead atoms. The van der Waals surface area contributed by atoms with E-state index in [4.69, 9.17) is 11.6 Å². The van der Waals surface area contributed by atoms with Crippen molar-refractivity contribution in [2.24, 2.45) is 0 Å². The predicted molar refractivity (Wildman–Crippen MR) is 139 cm³/mol. The molecule has 0 atom stereocenters. The molecular weight excluding hydrogens is 474 g/mol. The molecule has 3 amide bonds. The highest BCUT2D eigenvalue weighted by Crippen LogP contribution is 2.31. The van der Waals surface area contributed by atoms with Gasteiger partial charge in [-0.15, -0.1) is 0 Å². The Morgan fingerprint density at radius 3 is 2.39 bits per heavy atom. The number of amides is 3. The van der Waals surface area contributed by atoms with Crippen LogP contribution in [0.15, 0.2) is 97.2 Å². The third-order valence-electron chi connectivity index (χ3n) is 5.79. The maximum absolute atomic E-state index is 13.5. The summed E-state index contributed by atoms with van der Waals surface area (Å²) in [6, 6.07) is 26.3. The predicted octanol–water partition coefficient (Wildman–Crippen LogP) is 5.71. The van der Waals surface area contributed by atoms with Gasteiger partial charge < -0.3 is 5.32 Å². The van der Waals surface area contributed by atoms with Gasteiger partial charge in [0.05, 0.1) is 22.8 Å². The Bertz CT molecular complexity index is 1520. The fraction of sp³-hybridized carbons (Fsp3) is 0.0345. The molecule has 0 unspecified atom stereocenters. The van der Waals surface area contributed by atoms with Crippen molar-refractivity contribution in [3.8, 4) is 0 Å². The highest BCUT2D eigenvalue weighted by molar-refractivity contribution is 6.35. The molecule has 0 spiro atoms. The number of imide groups is 1. The summed E-state index contributed by atoms with van der Waals surface area (Å²) in [7, 11) is 0. The monoisotopic (exact) mass is 493 g/mol. The van der Waals surface area contributed by atoms with Crippen LogP contribution in [0.2, 0.25) is 5.02 Å². The van der Waals surface area contributed by atoms with Gasteiger partial charge in [0.25, 0.3) is 17.7 Å². The second kappa shape index (κ2) is 9.98. The van der Waals surface area contributed by atoms with Gasteiger partial charge >= 0.3 is 0 Å². The zero-order valence-corrected chi connectivity index (χ0v) is 19.8. The molecule has 3 aromatic carbocycles. The average Bonchev–Trinajstić information content (AvgIpc) is 2.90. The molecule has 1 aliphatic rings. The van der Waals surface area contributed by atoms with E-state index in [1.165, 1.54) is 4.90 Å². The number of fused-ring (bicyclic) bond motifs is 1. The maximum Gasteiger partial charge on any atom is 0.261 e. The van der Waals surface area contributed by atoms with E-state index in [0.29, 0.717) is 44.2 Å². The lowest BCUT2D eigenvalue weighted by atomic mass is 9.92. The summed E-state index contributed by atoms with van der Waals surface area (Å²) >= 11 is 6.15. The van der Waals surface area contributed by atoms with Crippen LogP contribution in [-0.4, -0.2) is 27.6 Å². The number of rotatable bonds is 5. The summed E-state index contributed by atoms with van der Waals surface area (Å²) in [4.78, 5) is 44.8. The van der Waals surface area contributed by atoms with Crippen molar-refractivity contribution < 1.29 is 14.4 Å². The van der Waals surface area contributed by atoms with E-state index >= 15 is 0 Å². The number of benzene rings is 3. The van der Waals surface area contributed by atoms with Gasteiger partial charge in [-0.1, -0.05) is 60.1 Å². The van der Waals surface area contributed by atoms with Gasteiger partial charge in [0, 0.05) is 23.0 Å². The molecule has 1 aliphatic heterocycles. The van der Waals surface area contributed by atoms with Gasteiger partial charge in [-0.2, -0.15) is 0 Å². The van der Waals surface area contributed by atoms with E-state index in [-0.39, 0.29) is 18.4 Å². The number of anilines is 1. The van der Waals surface area contributed by atoms with Gasteiger partial charge in [0.1, 0.15) is 0 Å². The molecule has 36 heavy (non-hydrogen) atoms. The van der Waals surface area contributed by atoms with Crippen LogP contribution in [0.4, 0.5) is 5.69 Å². The zero-order chi connectivity index (χ0) is 25.1. The Morgan fingerprint density at radius 1 is 0.861 bits per heavy atom. The first-order valence-corrected chi connectivity index (χ1v) is 11.6. The van der Waals surface area contributed by atoms with Crippen molar-refractivity contribution in [1.82, 2.24) is 9.88 Å². The van der Waals surface area contributed by atoms with Crippen LogP contribution in [-0.2, 0) is 11.3 Å². The second-order valence-corrected chi connectivity index (χ2v) is 8.59. The van der Waals surface area contributed by atoms with Crippen LogP contribution in [0, 0.1) is 0 Å². The van der Waals surface area contributed by atoms with Crippen molar-refractivity contribution in [3.05, 3.63) is 130 Å². The minimum absolute atomic E-state index is 0.0676. The smallest absolute Gasteiger partial charge is 0.261 e. The summed E-state index contributed by atoms with van der Waals surface area (Å²) in [6.45, 7) is 0.0676. The molecule has 1 N–H and O–H groups in total. The minimum Gasteiger partial charge on any atom is -0.322 e. The molecule has 1 aromatic heterocycles. The molecule has 0 saturated carbocycles. The molecule has 0 aliphatic carbocycles. The standard InChI is InChI=1S/C29H20ClN3O3/c30-26-14-4-3-13-24(26)27(34)32-20-10-7-8-19(16-20)17-25-22-11-1-2-12-23(22)28(35)33(29(25)36)18-21-9-5-6-15-31-21/h1-17H,18H2,(H,32,34)/b25-17+. The number of carbonyl (C=O) groups excluding carboxylic acids is 3. The summed E-state index contributed by atoms with van der Waals surface area (Å²) in [5.74, 6) is -1.11. The molecule has 176 valence electrons. The van der Waals surface area contributed by atoms with Crippen molar-refractivity contribution in [3.63, 3.8) is 0 Å². The Morgan fingerprint density at radius 2 is 1.61 bits per heavy atom. The number of aromatic nitrogens is 1. The van der Waals surface area contributed by atoms with Crippen LogP contribution in [0.25, 0.3) is 11.6 Å². The second-order valence-electron chi connectivity index (χ2n) is 8.18. The Hall–Kier alpha value is -4.55. The molecule has 0 radical (unpaired) electrons. The van der Waals surface area contributed by atoms with Gasteiger partial charge in [0.15, 0.2) is 0 Å². The van der Waals surface area contributed by atoms with Crippen LogP contribution in [0.1, 0.15) is 37.5 Å². The van der Waals surface area contributed by atoms with E-state index < -0.39 is 5.91 Å². The summed E-state index contributed by atoms with van der Waals surface area (Å²) in [5.41, 5.74) is 3.61. The number of halogens is 1. The topological polar surface area (TPSA) is 79.4 Å². The van der Waals surface area contributed by atoms with Crippen molar-refractivity contribution in [2.45, 2.75) is 6.54 Å². The third-order valence-corrected chi connectivity index (χ3v) is 6.12. The van der Waals surface area contributed by atoms with Crippen molar-refractivity contribution >= 4 is 46.7 Å². The van der Waals surface area contributed by atoms with E-state index in [1.54, 1.807) is 91.1 Å². The van der Waals surface area contributed by atoms with E-state index in [0.717, 1.165) is 0 Å². The van der Waals surface area contributed by atoms with E-state index in [2.05, 4.69) is 10.3 Å². The lowest BCUT2D eigenvalue weighted by Crippen LogP contribution is -2.41. The van der Waals surface area contributed by atoms with Crippen molar-refractivity contribution in [2.75, 3.05) is 5.32 Å². The molecule has 7 heteroatoms. The number of nitrogens with zero attached hydrogens (tertiary/aromatic N) is 2. The van der Waals surface area contributed by atoms with Gasteiger partial charge in [-0.05, 0) is 59.7 Å². The first kappa shape index (κ1) is 23.2. The van der Waals surface area contributed by atoms with Gasteiger partial charge in [0.2, 0.25) is 0 Å². The molecule has 4 aromatic rings. The molecule has 0 fully saturated rings. The molecular formula is C29H20ClN3O3. The number of nitrogens with one attached hydrogen (secondary N) is 1. The Kier molecular flexibility index (Phi) is 6.43. The largest absolute Gasteiger partial charge is 0.322 e. The average molecular weight is 494 g/mol. The Labute approximate surface area is 212 Å². The summed E-state index contributed by atoms with van der Waals surface area (Å²) in [6.07, 6.45) is 3.35. The fourth-order valence-electron chi connectivity index (χ4n) is 4.06. The van der Waals surface area contributed by atoms with Gasteiger partial charge in [-0.3, -0.25) is 24.3 Å². The third kappa shape index (κ3) is 4.67. The molecule has 0 saturated heterocycles. The van der Waals surface area contributed by atoms with Crippen LogP contribution < -0.4 is 5.32 Å². The van der Waals surface area contributed by atoms with Gasteiger partial charge in [-0.25, -0.2) is 0 Å². The first-order valence-electron chi connectivity index (χ1n) is 11.2. The number of hydrogen-bond donors (Lipinski definition) is 1. The molecule has 6 nitrogen and oxygen atoms in total. The molecule has 5 rings (SSSR count). The molecule has 2 heterocycles. The number of hydrogen-bond acceptors (Lipinski definition) is 4. The lowest BCUT2D eigenvalue weighted by molar-refractivity contribution is -0.123. The van der Waals surface area contributed by atoms with Crippen LogP contribution in [0.5, 0.6) is 0 Å². The zero-order valence-electron chi connectivity index (χ0n) is 19.0. The van der Waals surface area contributed by atoms with E-state index in [9.17, 15) is 14.4 Å². The summed E-state index contributed by atoms with van der Waals surface area (Å²) in [5, 5.41) is 3.20. The highest BCUT2D eigenvalue weighted by Gasteiger charge is 2.34. The number of carbonyl (C=O) groups is 3. The summed E-state index contributed by atoms with van der Waals surface area (Å²) < 4.78 is 0. The highest BCUT2D eigenvalue weighted by atomic mass is 35.5. The fourth-order valence-corrected chi connectivity index (χ4v) is 4.28. The minimum atomic E-state index is -0.408. The lowest BCUT2D eigenvalue weighted by Gasteiger charge is -2.28. The maximum atomic E-state index is 13.5. The van der Waals surface area contributed by atoms with Crippen LogP contribution in [0.3, 0.4) is 0 Å². The first-order chi connectivity index (χ1) is 17.5. The Balaban J connectivity index is 1.48.